The van der Waals surface area contributed by atoms with E-state index in [1.165, 1.54) is 13.8 Å². The normalized spacial score (nSPS) is 14.4. The number of nitrogens with zero attached hydrogens (tertiary/aromatic N) is 2. The molecule has 4 aromatic rings. The second-order valence-electron chi connectivity index (χ2n) is 14.7. The summed E-state index contributed by atoms with van der Waals surface area (Å²) < 4.78 is 11.7. The van der Waals surface area contributed by atoms with Crippen LogP contribution in [0.5, 0.6) is 0 Å². The summed E-state index contributed by atoms with van der Waals surface area (Å²) in [5.41, 5.74) is 3.72. The van der Waals surface area contributed by atoms with Gasteiger partial charge >= 0.3 is 7.69 Å². The maximum atomic E-state index is 13.5. The van der Waals surface area contributed by atoms with E-state index in [4.69, 9.17) is 9.31 Å². The van der Waals surface area contributed by atoms with Gasteiger partial charge in [0.05, 0.1) is 12.2 Å². The lowest BCUT2D eigenvalue weighted by Gasteiger charge is -2.28. The molecule has 0 bridgehead atoms. The van der Waals surface area contributed by atoms with Gasteiger partial charge in [0, 0.05) is 47.0 Å². The number of aromatic nitrogens is 2. The van der Waals surface area contributed by atoms with E-state index in [9.17, 15) is 29.4 Å². The van der Waals surface area contributed by atoms with Gasteiger partial charge in [0.15, 0.2) is 0 Å². The van der Waals surface area contributed by atoms with Crippen LogP contribution in [0.15, 0.2) is 97.6 Å². The Morgan fingerprint density at radius 2 is 0.965 bits per heavy atom. The van der Waals surface area contributed by atoms with E-state index in [1.54, 1.807) is 73.3 Å². The van der Waals surface area contributed by atoms with Crippen LogP contribution in [0.1, 0.15) is 75.1 Å². The van der Waals surface area contributed by atoms with Crippen LogP contribution >= 0.6 is 0 Å². The fraction of sp³-hybridized carbons (Fsp3) is 0.381. The van der Waals surface area contributed by atoms with Gasteiger partial charge in [0.1, 0.15) is 24.5 Å². The van der Waals surface area contributed by atoms with E-state index in [0.717, 1.165) is 29.9 Å². The van der Waals surface area contributed by atoms with Gasteiger partial charge < -0.3 is 40.8 Å². The Kier molecular flexibility index (Phi) is 16.9. The Morgan fingerprint density at radius 3 is 1.30 bits per heavy atom. The lowest BCUT2D eigenvalue weighted by molar-refractivity contribution is -0.128. The van der Waals surface area contributed by atoms with Crippen LogP contribution in [0.3, 0.4) is 0 Å². The van der Waals surface area contributed by atoms with Crippen molar-refractivity contribution in [1.29, 1.82) is 0 Å². The van der Waals surface area contributed by atoms with E-state index < -0.39 is 60.4 Å². The molecule has 0 fully saturated rings. The van der Waals surface area contributed by atoms with Crippen molar-refractivity contribution in [3.05, 3.63) is 109 Å². The second kappa shape index (κ2) is 21.7. The average Bonchev–Trinajstić information content (AvgIpc) is 3.18. The van der Waals surface area contributed by atoms with Crippen molar-refractivity contribution in [2.75, 3.05) is 0 Å². The molecule has 15 heteroatoms. The minimum Gasteiger partial charge on any atom is -0.393 e. The first-order valence-corrected chi connectivity index (χ1v) is 18.9. The first-order valence-electron chi connectivity index (χ1n) is 18.9. The molecule has 0 spiro atoms. The number of carbonyl (C=O) groups is 4. The quantitative estimate of drug-likeness (QED) is 0.0563. The standard InChI is InChI=1S/C42H52BN6O8/c1-25(2)19-35(46-41(54)37(27(5)50)48-39(52)31-13-7-11-29(21-31)33-15-9-17-44-23-33)56-43-57-36(20-26(3)4)47-42(55)38(28(6)51)49-40(53)32-14-8-12-30(22-32)34-16-10-18-45-24-34/h7-18,21-28,35-38,50-51H,19-20H2,1-6H3,(H,46,54)(H,47,55)(H,48,52)(H,49,53)/t27-,28-,35-,36-,37+,38+/m1/s1. The van der Waals surface area contributed by atoms with Gasteiger partial charge in [-0.05, 0) is 86.1 Å². The Bertz CT molecular complexity index is 1780. The molecule has 57 heavy (non-hydrogen) atoms. The molecule has 2 aromatic carbocycles. The number of aliphatic hydroxyl groups excluding tert-OH is 2. The molecule has 6 atom stereocenters. The van der Waals surface area contributed by atoms with Crippen molar-refractivity contribution in [3.8, 4) is 22.3 Å². The average molecular weight is 780 g/mol. The summed E-state index contributed by atoms with van der Waals surface area (Å²) in [7, 11) is 1.01. The van der Waals surface area contributed by atoms with Crippen LogP contribution < -0.4 is 21.3 Å². The van der Waals surface area contributed by atoms with Crippen LogP contribution in [0.2, 0.25) is 0 Å². The van der Waals surface area contributed by atoms with Gasteiger partial charge in [-0.15, -0.1) is 0 Å². The number of aliphatic hydroxyl groups is 2. The number of hydrogen-bond donors (Lipinski definition) is 6. The van der Waals surface area contributed by atoms with Crippen LogP contribution in [0, 0.1) is 11.8 Å². The van der Waals surface area contributed by atoms with Gasteiger partial charge in [0.2, 0.25) is 11.8 Å². The Hall–Kier alpha value is -5.48. The van der Waals surface area contributed by atoms with E-state index in [2.05, 4.69) is 31.2 Å². The van der Waals surface area contributed by atoms with Gasteiger partial charge in [-0.25, -0.2) is 0 Å². The molecule has 4 rings (SSSR count). The highest BCUT2D eigenvalue weighted by Crippen LogP contribution is 2.21. The molecular weight excluding hydrogens is 727 g/mol. The first-order chi connectivity index (χ1) is 27.2. The summed E-state index contributed by atoms with van der Waals surface area (Å²) in [4.78, 5) is 61.8. The number of rotatable bonds is 20. The first kappa shape index (κ1) is 44.2. The van der Waals surface area contributed by atoms with Gasteiger partial charge in [-0.1, -0.05) is 64.1 Å². The maximum absolute atomic E-state index is 13.5. The van der Waals surface area contributed by atoms with Crippen molar-refractivity contribution in [2.45, 2.75) is 91.1 Å². The third kappa shape index (κ3) is 13.9. The summed E-state index contributed by atoms with van der Waals surface area (Å²) in [6.07, 6.45) is 2.93. The second-order valence-corrected chi connectivity index (χ2v) is 14.7. The largest absolute Gasteiger partial charge is 0.491 e. The molecular formula is C42H52BN6O8. The molecule has 0 saturated carbocycles. The van der Waals surface area contributed by atoms with E-state index in [1.807, 2.05) is 52.0 Å². The van der Waals surface area contributed by atoms with Gasteiger partial charge in [-0.3, -0.25) is 29.1 Å². The Balaban J connectivity index is 1.37. The van der Waals surface area contributed by atoms with E-state index in [0.29, 0.717) is 12.8 Å². The fourth-order valence-electron chi connectivity index (χ4n) is 5.82. The number of benzene rings is 2. The molecule has 0 aliphatic rings. The smallest absolute Gasteiger partial charge is 0.393 e. The molecule has 14 nitrogen and oxygen atoms in total. The molecule has 0 saturated heterocycles. The molecule has 0 unspecified atom stereocenters. The van der Waals surface area contributed by atoms with Crippen LogP contribution in [0.4, 0.5) is 0 Å². The predicted molar refractivity (Wildman–Crippen MR) is 216 cm³/mol. The number of amides is 4. The fourth-order valence-corrected chi connectivity index (χ4v) is 5.82. The van der Waals surface area contributed by atoms with E-state index in [-0.39, 0.29) is 23.0 Å². The molecule has 6 N–H and O–H groups in total. The third-order valence-electron chi connectivity index (χ3n) is 8.76. The molecule has 2 aromatic heterocycles. The summed E-state index contributed by atoms with van der Waals surface area (Å²) in [5, 5.41) is 31.8. The Labute approximate surface area is 334 Å². The Morgan fingerprint density at radius 1 is 0.579 bits per heavy atom. The highest BCUT2D eigenvalue weighted by Gasteiger charge is 2.31. The maximum Gasteiger partial charge on any atom is 0.491 e. The topological polar surface area (TPSA) is 201 Å². The highest BCUT2D eigenvalue weighted by molar-refractivity contribution is 6.18. The number of nitrogens with one attached hydrogen (secondary N) is 4. The highest BCUT2D eigenvalue weighted by atomic mass is 16.6. The SMILES string of the molecule is CC(C)C[C@H](NC(=O)[C@@H](NC(=O)c1cccc(-c2cccnc2)c1)[C@@H](C)O)O[B]O[C@H](CC(C)C)NC(=O)[C@@H](NC(=O)c1cccc(-c2cccnc2)c1)[C@@H](C)O. The number of carbonyl (C=O) groups excluding carboxylic acids is 4. The molecule has 301 valence electrons. The minimum absolute atomic E-state index is 0.0464. The monoisotopic (exact) mass is 779 g/mol. The van der Waals surface area contributed by atoms with Crippen LogP contribution in [-0.2, 0) is 18.9 Å². The van der Waals surface area contributed by atoms with Crippen molar-refractivity contribution in [1.82, 2.24) is 31.2 Å². The van der Waals surface area contributed by atoms with Crippen molar-refractivity contribution < 1.29 is 38.7 Å². The van der Waals surface area contributed by atoms with E-state index >= 15 is 0 Å². The zero-order valence-corrected chi connectivity index (χ0v) is 33.1. The van der Waals surface area contributed by atoms with Crippen LogP contribution in [0.25, 0.3) is 22.3 Å². The third-order valence-corrected chi connectivity index (χ3v) is 8.76. The summed E-state index contributed by atoms with van der Waals surface area (Å²) >= 11 is 0. The molecule has 0 aliphatic heterocycles. The molecule has 0 aliphatic carbocycles. The molecule has 4 amide bonds. The van der Waals surface area contributed by atoms with Crippen molar-refractivity contribution in [2.24, 2.45) is 11.8 Å². The lowest BCUT2D eigenvalue weighted by Crippen LogP contribution is -2.56. The summed E-state index contributed by atoms with van der Waals surface area (Å²) in [6.45, 7) is 10.5. The minimum atomic E-state index is -1.32. The predicted octanol–water partition coefficient (Wildman–Crippen LogP) is 4.01. The van der Waals surface area contributed by atoms with Crippen molar-refractivity contribution >= 4 is 31.3 Å². The lowest BCUT2D eigenvalue weighted by atomic mass is 10.0. The zero-order chi connectivity index (χ0) is 41.5. The number of hydrogen-bond acceptors (Lipinski definition) is 10. The van der Waals surface area contributed by atoms with Gasteiger partial charge in [0.25, 0.3) is 11.8 Å². The summed E-state index contributed by atoms with van der Waals surface area (Å²) in [5.74, 6) is -2.40. The van der Waals surface area contributed by atoms with Crippen molar-refractivity contribution in [3.63, 3.8) is 0 Å². The zero-order valence-electron chi connectivity index (χ0n) is 33.1. The van der Waals surface area contributed by atoms with Crippen LogP contribution in [-0.4, -0.2) is 88.2 Å². The molecule has 1 radical (unpaired) electrons. The number of pyridine rings is 2. The van der Waals surface area contributed by atoms with Gasteiger partial charge in [-0.2, -0.15) is 0 Å². The molecule has 2 heterocycles. The summed E-state index contributed by atoms with van der Waals surface area (Å²) in [6, 6.07) is 18.3.